The molecule has 0 unspecified atom stereocenters. The topological polar surface area (TPSA) is 155 Å². The van der Waals surface area contributed by atoms with Gasteiger partial charge in [0.1, 0.15) is 18.7 Å². The first kappa shape index (κ1) is 29.3. The van der Waals surface area contributed by atoms with Gasteiger partial charge < -0.3 is 24.3 Å². The fraction of sp³-hybridized carbons (Fsp3) is 0.500. The summed E-state index contributed by atoms with van der Waals surface area (Å²) in [6.07, 6.45) is -0.695. The summed E-state index contributed by atoms with van der Waals surface area (Å²) in [5.74, 6) is -1.30. The van der Waals surface area contributed by atoms with Gasteiger partial charge in [0.15, 0.2) is 11.5 Å². The summed E-state index contributed by atoms with van der Waals surface area (Å²) in [4.78, 5) is 73.0. The van der Waals surface area contributed by atoms with Crippen molar-refractivity contribution in [1.29, 1.82) is 0 Å². The molecule has 2 aliphatic heterocycles. The molecule has 13 heteroatoms. The van der Waals surface area contributed by atoms with Crippen LogP contribution >= 0.6 is 0 Å². The molecule has 2 aliphatic rings. The third kappa shape index (κ3) is 6.98. The zero-order valence-electron chi connectivity index (χ0n) is 23.3. The summed E-state index contributed by atoms with van der Waals surface area (Å²) in [5, 5.41) is 2.51. The van der Waals surface area contributed by atoms with E-state index in [4.69, 9.17) is 9.47 Å². The van der Waals surface area contributed by atoms with Crippen LogP contribution in [0.5, 0.6) is 0 Å². The predicted molar refractivity (Wildman–Crippen MR) is 143 cm³/mol. The Hall–Kier alpha value is -4.29. The molecule has 0 aromatic heterocycles. The summed E-state index contributed by atoms with van der Waals surface area (Å²) < 4.78 is 12.4. The van der Waals surface area contributed by atoms with Gasteiger partial charge in [0.25, 0.3) is 5.56 Å². The second-order valence-corrected chi connectivity index (χ2v) is 10.1. The monoisotopic (exact) mass is 542 g/mol. The van der Waals surface area contributed by atoms with Gasteiger partial charge in [0, 0.05) is 20.1 Å². The van der Waals surface area contributed by atoms with Crippen LogP contribution in [0.2, 0.25) is 0 Å². The predicted octanol–water partition coefficient (Wildman–Crippen LogP) is 1.13. The number of aromatic nitrogens is 4. The van der Waals surface area contributed by atoms with E-state index in [9.17, 15) is 24.0 Å². The molecule has 0 bridgehead atoms. The Kier molecular flexibility index (Phi) is 8.72. The molecule has 2 heterocycles. The van der Waals surface area contributed by atoms with Crippen molar-refractivity contribution in [2.24, 2.45) is 7.05 Å². The first-order valence-electron chi connectivity index (χ1n) is 12.5. The molecule has 0 aliphatic carbocycles. The Morgan fingerprint density at radius 1 is 1.08 bits per heavy atom. The number of carbonyl (C=O) groups is 3. The van der Waals surface area contributed by atoms with Gasteiger partial charge in [-0.25, -0.2) is 19.1 Å². The van der Waals surface area contributed by atoms with E-state index in [1.54, 1.807) is 39.3 Å². The minimum atomic E-state index is -0.926. The lowest BCUT2D eigenvalue weighted by Gasteiger charge is -2.23. The van der Waals surface area contributed by atoms with Crippen molar-refractivity contribution in [3.63, 3.8) is 0 Å². The van der Waals surface area contributed by atoms with Crippen molar-refractivity contribution >= 4 is 29.0 Å². The first-order chi connectivity index (χ1) is 18.2. The van der Waals surface area contributed by atoms with Crippen molar-refractivity contribution in [3.8, 4) is 11.5 Å². The van der Waals surface area contributed by atoms with Crippen molar-refractivity contribution in [2.45, 2.75) is 53.7 Å². The Morgan fingerprint density at radius 2 is 1.74 bits per heavy atom. The number of amides is 2. The van der Waals surface area contributed by atoms with Crippen LogP contribution in [0.4, 0.5) is 4.79 Å². The Morgan fingerprint density at radius 3 is 2.38 bits per heavy atom. The molecular weight excluding hydrogens is 508 g/mol. The zero-order valence-corrected chi connectivity index (χ0v) is 23.3. The van der Waals surface area contributed by atoms with Crippen molar-refractivity contribution < 1.29 is 23.9 Å². The molecule has 13 nitrogen and oxygen atoms in total. The van der Waals surface area contributed by atoms with Crippen molar-refractivity contribution in [2.75, 3.05) is 26.2 Å². The lowest BCUT2D eigenvalue weighted by Crippen LogP contribution is -2.47. The number of esters is 1. The van der Waals surface area contributed by atoms with E-state index < -0.39 is 47.9 Å². The van der Waals surface area contributed by atoms with Crippen molar-refractivity contribution in [3.05, 3.63) is 44.1 Å². The van der Waals surface area contributed by atoms with Crippen LogP contribution in [0.15, 0.2) is 21.7 Å². The molecule has 0 fully saturated rings. The van der Waals surface area contributed by atoms with Crippen LogP contribution in [0.1, 0.15) is 38.8 Å². The van der Waals surface area contributed by atoms with Gasteiger partial charge in [-0.15, -0.1) is 0 Å². The second kappa shape index (κ2) is 11.6. The number of aryl methyl sites for hydroxylation is 3. The maximum absolute atomic E-state index is 13.3. The van der Waals surface area contributed by atoms with E-state index in [-0.39, 0.29) is 31.2 Å². The minimum Gasteiger partial charge on any atom is -0.465 e. The number of ether oxygens (including phenoxy) is 2. The smallest absolute Gasteiger partial charge is 0.407 e. The molecule has 0 radical (unpaired) electrons. The highest BCUT2D eigenvalue weighted by Gasteiger charge is 2.25. The lowest BCUT2D eigenvalue weighted by atomic mass is 10.1. The maximum atomic E-state index is 13.3. The number of alkyl carbamates (subject to hydrolysis) is 1. The van der Waals surface area contributed by atoms with Gasteiger partial charge in [-0.2, -0.15) is 4.98 Å². The average molecular weight is 543 g/mol. The van der Waals surface area contributed by atoms with E-state index in [0.29, 0.717) is 15.6 Å². The van der Waals surface area contributed by atoms with E-state index in [1.807, 2.05) is 26.0 Å². The van der Waals surface area contributed by atoms with Crippen LogP contribution in [0.25, 0.3) is 22.6 Å². The molecule has 3 rings (SSSR count). The van der Waals surface area contributed by atoms with Gasteiger partial charge in [0.2, 0.25) is 5.91 Å². The largest absolute Gasteiger partial charge is 0.465 e. The van der Waals surface area contributed by atoms with Crippen LogP contribution in [0.3, 0.4) is 0 Å². The third-order valence-electron chi connectivity index (χ3n) is 5.92. The summed E-state index contributed by atoms with van der Waals surface area (Å²) in [6.45, 7) is 9.45. The van der Waals surface area contributed by atoms with Crippen LogP contribution in [0, 0.1) is 13.8 Å². The minimum absolute atomic E-state index is 0.0443. The van der Waals surface area contributed by atoms with E-state index >= 15 is 0 Å². The summed E-state index contributed by atoms with van der Waals surface area (Å²) in [7, 11) is 1.68. The molecular formula is C26H34N6O7. The average Bonchev–Trinajstić information content (AvgIpc) is 2.82. The molecule has 2 amide bonds. The van der Waals surface area contributed by atoms with E-state index in [1.165, 1.54) is 0 Å². The highest BCUT2D eigenvalue weighted by molar-refractivity contribution is 5.83. The number of fused-ring (bicyclic) bond motifs is 2. The number of carbonyl (C=O) groups excluding carboxylic acids is 3. The Balaban J connectivity index is 1.91. The van der Waals surface area contributed by atoms with Gasteiger partial charge in [-0.05, 0) is 64.8 Å². The lowest BCUT2D eigenvalue weighted by molar-refractivity contribution is -0.149. The fourth-order valence-electron chi connectivity index (χ4n) is 3.86. The second-order valence-electron chi connectivity index (χ2n) is 10.1. The fourth-order valence-corrected chi connectivity index (χ4v) is 3.86. The molecule has 0 saturated heterocycles. The molecule has 39 heavy (non-hydrogen) atoms. The van der Waals surface area contributed by atoms with E-state index in [0.717, 1.165) is 16.0 Å². The van der Waals surface area contributed by atoms with Gasteiger partial charge in [-0.1, -0.05) is 0 Å². The number of nitrogens with zero attached hydrogens (tertiary/aromatic N) is 5. The molecule has 1 aromatic rings. The highest BCUT2D eigenvalue weighted by atomic mass is 16.6. The van der Waals surface area contributed by atoms with Crippen LogP contribution in [-0.2, 0) is 32.7 Å². The molecule has 1 aromatic carbocycles. The highest BCUT2D eigenvalue weighted by Crippen LogP contribution is 2.22. The molecule has 210 valence electrons. The number of hydrogen-bond donors (Lipinski definition) is 1. The molecule has 0 spiro atoms. The zero-order chi connectivity index (χ0) is 29.1. The SMILES string of the molecule is CCOC(=O)CN(CCNC(=O)OC(C)(C)C)C(=O)Cn1c(=O)nc2n(C)c3cc(C)c(C)cc3nc-2c1=O. The molecule has 0 saturated carbocycles. The van der Waals surface area contributed by atoms with E-state index in [2.05, 4.69) is 15.3 Å². The summed E-state index contributed by atoms with van der Waals surface area (Å²) in [5.41, 5.74) is 0.749. The third-order valence-corrected chi connectivity index (χ3v) is 5.92. The molecule has 1 N–H and O–H groups in total. The number of nitrogens with one attached hydrogen (secondary N) is 1. The normalized spacial score (nSPS) is 11.5. The quantitative estimate of drug-likeness (QED) is 0.326. The van der Waals surface area contributed by atoms with Crippen molar-refractivity contribution in [1.82, 2.24) is 29.3 Å². The van der Waals surface area contributed by atoms with Crippen LogP contribution in [-0.4, -0.2) is 73.8 Å². The Labute approximate surface area is 225 Å². The van der Waals surface area contributed by atoms with Gasteiger partial charge in [0.05, 0.1) is 17.6 Å². The number of rotatable bonds is 8. The van der Waals surface area contributed by atoms with Gasteiger partial charge >= 0.3 is 17.8 Å². The summed E-state index contributed by atoms with van der Waals surface area (Å²) in [6, 6.07) is 3.74. The summed E-state index contributed by atoms with van der Waals surface area (Å²) >= 11 is 0. The maximum Gasteiger partial charge on any atom is 0.407 e. The Bertz CT molecular complexity index is 1500. The van der Waals surface area contributed by atoms with Crippen LogP contribution < -0.4 is 16.6 Å². The first-order valence-corrected chi connectivity index (χ1v) is 12.5. The standard InChI is InChI=1S/C26H34N6O7/c1-8-38-20(34)14-31(10-9-27-25(37)39-26(4,5)6)19(33)13-32-23(35)21-22(29-24(32)36)30(7)18-12-16(3)15(2)11-17(18)28-21/h11-12H,8-10,13-14H2,1-7H3,(H,27,37). The van der Waals surface area contributed by atoms with Gasteiger partial charge in [-0.3, -0.25) is 14.4 Å². The number of benzene rings is 1. The molecule has 0 atom stereocenters. The number of hydrogen-bond acceptors (Lipinski definition) is 9.